The molecule has 140 valence electrons. The fraction of sp³-hybridized carbons (Fsp3) is 0. The smallest absolute Gasteiger partial charge is 0.838 e. The van der Waals surface area contributed by atoms with Gasteiger partial charge in [0.15, 0.2) is 0 Å². The van der Waals surface area contributed by atoms with E-state index in [-0.39, 0.29) is 50.1 Å². The third-order valence-corrected chi connectivity index (χ3v) is 3.71. The number of benzene rings is 3. The fourth-order valence-electron chi connectivity index (χ4n) is 1.70. The number of aromatic carboxylic acids is 2. The zero-order valence-corrected chi connectivity index (χ0v) is 22.3. The summed E-state index contributed by atoms with van der Waals surface area (Å²) in [5.74, 6) is -2.26. The molecule has 0 aliphatic carbocycles. The molecule has 0 heterocycles. The molecule has 0 atom stereocenters. The fourth-order valence-corrected chi connectivity index (χ4v) is 2.11. The Bertz CT molecular complexity index is 769. The van der Waals surface area contributed by atoms with Gasteiger partial charge in [0.2, 0.25) is 0 Å². The van der Waals surface area contributed by atoms with E-state index in [0.717, 1.165) is 0 Å². The van der Waals surface area contributed by atoms with Crippen LogP contribution in [0.2, 0.25) is 0 Å². The molecule has 0 unspecified atom stereocenters. The minimum atomic E-state index is -2.40. The quantitative estimate of drug-likeness (QED) is 0.342. The summed E-state index contributed by atoms with van der Waals surface area (Å²) in [7, 11) is -2.40. The molecular formula is C20H15O6PZn2. The SMILES string of the molecule is O=C([O-])c1ccccc1.O=C([O-])c1ccccc1.[O-]P([O-])c1ccccc1.[Zn+2].[Zn+2]. The largest absolute Gasteiger partial charge is 2.00 e. The van der Waals surface area contributed by atoms with Crippen LogP contribution in [0, 0.1) is 0 Å². The van der Waals surface area contributed by atoms with E-state index < -0.39 is 20.3 Å². The second kappa shape index (κ2) is 17.1. The molecular weight excluding hydrogens is 498 g/mol. The number of hydrogen-bond acceptors (Lipinski definition) is 6. The summed E-state index contributed by atoms with van der Waals surface area (Å²) in [5, 5.41) is 20.5. The van der Waals surface area contributed by atoms with Crippen molar-refractivity contribution in [2.45, 2.75) is 0 Å². The summed E-state index contributed by atoms with van der Waals surface area (Å²) in [6.07, 6.45) is 0. The van der Waals surface area contributed by atoms with Gasteiger partial charge >= 0.3 is 39.0 Å². The normalized spacial score (nSPS) is 8.66. The van der Waals surface area contributed by atoms with E-state index in [2.05, 4.69) is 0 Å². The van der Waals surface area contributed by atoms with E-state index in [1.807, 2.05) is 0 Å². The maximum Gasteiger partial charge on any atom is 2.00 e. The molecule has 6 nitrogen and oxygen atoms in total. The molecule has 9 heteroatoms. The van der Waals surface area contributed by atoms with Crippen LogP contribution in [0.15, 0.2) is 91.0 Å². The molecule has 0 saturated carbocycles. The van der Waals surface area contributed by atoms with Gasteiger partial charge in [0.1, 0.15) is 0 Å². The summed E-state index contributed by atoms with van der Waals surface area (Å²) in [6, 6.07) is 24.4. The van der Waals surface area contributed by atoms with Crippen molar-refractivity contribution in [3.8, 4) is 0 Å². The number of hydrogen-bond donors (Lipinski definition) is 0. The molecule has 0 aliphatic heterocycles. The summed E-state index contributed by atoms with van der Waals surface area (Å²) in [6.45, 7) is 0. The van der Waals surface area contributed by atoms with Gasteiger partial charge in [-0.2, -0.15) is 0 Å². The first-order valence-corrected chi connectivity index (χ1v) is 8.81. The molecule has 0 bridgehead atoms. The van der Waals surface area contributed by atoms with Gasteiger partial charge in [-0.1, -0.05) is 96.3 Å². The first-order chi connectivity index (χ1) is 12.9. The molecule has 3 aromatic carbocycles. The number of rotatable bonds is 3. The van der Waals surface area contributed by atoms with Crippen LogP contribution < -0.4 is 25.3 Å². The zero-order chi connectivity index (χ0) is 20.1. The Balaban J connectivity index is 0. The Kier molecular flexibility index (Phi) is 17.3. The monoisotopic (exact) mass is 510 g/mol. The van der Waals surface area contributed by atoms with Gasteiger partial charge in [0.25, 0.3) is 0 Å². The van der Waals surface area contributed by atoms with Gasteiger partial charge in [0, 0.05) is 0 Å². The molecule has 0 saturated heterocycles. The van der Waals surface area contributed by atoms with E-state index in [1.54, 1.807) is 66.7 Å². The standard InChI is InChI=1S/2C7H6O2.C6H5O2P.2Zn/c2*8-7(9)6-4-2-1-3-5-6;7-9(8)6-4-2-1-3-5-6;;/h2*1-5H,(H,8,9);1-5H;;/q;;-2;2*+2/p-2. The Hall–Kier alpha value is -1.80. The van der Waals surface area contributed by atoms with Crippen molar-refractivity contribution in [1.82, 2.24) is 0 Å². The molecule has 0 spiro atoms. The third-order valence-electron chi connectivity index (χ3n) is 2.99. The van der Waals surface area contributed by atoms with Crippen LogP contribution in [-0.2, 0) is 39.0 Å². The predicted molar refractivity (Wildman–Crippen MR) is 94.5 cm³/mol. The molecule has 0 aromatic heterocycles. The molecule has 0 amide bonds. The molecule has 3 aromatic rings. The van der Waals surface area contributed by atoms with Gasteiger partial charge in [-0.3, -0.25) is 8.38 Å². The summed E-state index contributed by atoms with van der Waals surface area (Å²) in [4.78, 5) is 40.7. The molecule has 0 aliphatic rings. The molecule has 3 rings (SSSR count). The van der Waals surface area contributed by atoms with Crippen LogP contribution in [0.1, 0.15) is 20.7 Å². The van der Waals surface area contributed by atoms with E-state index in [0.29, 0.717) is 5.30 Å². The summed E-state index contributed by atoms with van der Waals surface area (Å²) >= 11 is 0. The van der Waals surface area contributed by atoms with Crippen molar-refractivity contribution in [2.75, 3.05) is 0 Å². The molecule has 0 N–H and O–H groups in total. The number of carbonyl (C=O) groups excluding carboxylic acids is 2. The number of carboxylic acid groups (broad SMARTS) is 2. The van der Waals surface area contributed by atoms with E-state index in [4.69, 9.17) is 0 Å². The van der Waals surface area contributed by atoms with Gasteiger partial charge in [-0.15, -0.1) is 0 Å². The van der Waals surface area contributed by atoms with Gasteiger partial charge < -0.3 is 29.6 Å². The van der Waals surface area contributed by atoms with Crippen LogP contribution >= 0.6 is 8.38 Å². The zero-order valence-electron chi connectivity index (χ0n) is 15.5. The predicted octanol–water partition coefficient (Wildman–Crippen LogP) is -0.560. The minimum Gasteiger partial charge on any atom is -0.838 e. The Labute approximate surface area is 195 Å². The van der Waals surface area contributed by atoms with Crippen LogP contribution in [0.25, 0.3) is 0 Å². The Morgan fingerprint density at radius 3 is 1.00 bits per heavy atom. The average molecular weight is 513 g/mol. The van der Waals surface area contributed by atoms with Crippen molar-refractivity contribution in [2.24, 2.45) is 0 Å². The second-order valence-electron chi connectivity index (χ2n) is 4.90. The van der Waals surface area contributed by atoms with Crippen LogP contribution in [0.5, 0.6) is 0 Å². The van der Waals surface area contributed by atoms with E-state index in [9.17, 15) is 29.6 Å². The van der Waals surface area contributed by atoms with E-state index in [1.165, 1.54) is 24.3 Å². The van der Waals surface area contributed by atoms with Crippen molar-refractivity contribution in [1.29, 1.82) is 0 Å². The van der Waals surface area contributed by atoms with Gasteiger partial charge in [-0.05, 0) is 11.1 Å². The van der Waals surface area contributed by atoms with Crippen LogP contribution in [0.3, 0.4) is 0 Å². The van der Waals surface area contributed by atoms with Crippen molar-refractivity contribution in [3.63, 3.8) is 0 Å². The Morgan fingerprint density at radius 1 is 0.552 bits per heavy atom. The molecule has 29 heavy (non-hydrogen) atoms. The number of carbonyl (C=O) groups is 2. The maximum absolute atomic E-state index is 10.2. The number of carboxylic acids is 2. The Morgan fingerprint density at radius 2 is 0.828 bits per heavy atom. The molecule has 0 radical (unpaired) electrons. The van der Waals surface area contributed by atoms with Crippen molar-refractivity contribution >= 4 is 25.6 Å². The van der Waals surface area contributed by atoms with Crippen molar-refractivity contribution < 1.29 is 68.5 Å². The van der Waals surface area contributed by atoms with Crippen LogP contribution in [-0.4, -0.2) is 11.9 Å². The molecule has 0 fully saturated rings. The van der Waals surface area contributed by atoms with E-state index >= 15 is 0 Å². The summed E-state index contributed by atoms with van der Waals surface area (Å²) in [5.41, 5.74) is 0.440. The summed E-state index contributed by atoms with van der Waals surface area (Å²) < 4.78 is 0. The second-order valence-corrected chi connectivity index (χ2v) is 5.93. The minimum absolute atomic E-state index is 0. The van der Waals surface area contributed by atoms with Gasteiger partial charge in [-0.25, -0.2) is 0 Å². The van der Waals surface area contributed by atoms with Gasteiger partial charge in [0.05, 0.1) is 11.9 Å². The maximum atomic E-state index is 10.2. The first-order valence-electron chi connectivity index (χ1n) is 7.64. The third kappa shape index (κ3) is 13.1. The van der Waals surface area contributed by atoms with Crippen LogP contribution in [0.4, 0.5) is 0 Å². The topological polar surface area (TPSA) is 126 Å². The van der Waals surface area contributed by atoms with Crippen molar-refractivity contribution in [3.05, 3.63) is 102 Å². The average Bonchev–Trinajstić information content (AvgIpc) is 2.71. The first kappa shape index (κ1) is 29.4.